The molecule has 0 spiro atoms. The van der Waals surface area contributed by atoms with E-state index in [0.717, 1.165) is 0 Å². The quantitative estimate of drug-likeness (QED) is 0.408. The van der Waals surface area contributed by atoms with E-state index >= 15 is 0 Å². The van der Waals surface area contributed by atoms with E-state index in [1.165, 1.54) is 20.3 Å². The molecule has 0 aliphatic rings. The van der Waals surface area contributed by atoms with Crippen molar-refractivity contribution in [2.75, 3.05) is 26.1 Å². The van der Waals surface area contributed by atoms with Crippen LogP contribution in [0.15, 0.2) is 60.7 Å². The van der Waals surface area contributed by atoms with Gasteiger partial charge in [0.25, 0.3) is 11.8 Å². The van der Waals surface area contributed by atoms with Gasteiger partial charge in [0.05, 0.1) is 43.3 Å². The van der Waals surface area contributed by atoms with Gasteiger partial charge < -0.3 is 19.5 Å². The Kier molecular flexibility index (Phi) is 8.96. The monoisotopic (exact) mass is 498 g/mol. The van der Waals surface area contributed by atoms with Crippen LogP contribution in [0.5, 0.6) is 11.8 Å². The number of nitrogens with one attached hydrogen (secondary N) is 2. The van der Waals surface area contributed by atoms with E-state index in [9.17, 15) is 14.4 Å². The number of halogens is 1. The van der Waals surface area contributed by atoms with E-state index in [2.05, 4.69) is 20.6 Å². The number of hydrogen-bond acceptors (Lipinski definition) is 8. The van der Waals surface area contributed by atoms with E-state index in [0.29, 0.717) is 5.56 Å². The predicted octanol–water partition coefficient (Wildman–Crippen LogP) is 3.19. The third-order valence-electron chi connectivity index (χ3n) is 4.71. The van der Waals surface area contributed by atoms with Crippen molar-refractivity contribution >= 4 is 35.3 Å². The fourth-order valence-electron chi connectivity index (χ4n) is 3.02. The molecule has 35 heavy (non-hydrogen) atoms. The zero-order valence-electron chi connectivity index (χ0n) is 19.0. The summed E-state index contributed by atoms with van der Waals surface area (Å²) in [5, 5.41) is 5.50. The molecule has 10 nitrogen and oxygen atoms in total. The van der Waals surface area contributed by atoms with Crippen LogP contribution in [0.2, 0.25) is 5.02 Å². The molecule has 0 saturated heterocycles. The highest BCUT2D eigenvalue weighted by Crippen LogP contribution is 2.21. The summed E-state index contributed by atoms with van der Waals surface area (Å²) in [5.41, 5.74) is 0.961. The van der Waals surface area contributed by atoms with Crippen molar-refractivity contribution in [1.29, 1.82) is 0 Å². The number of carbonyl (C=O) groups is 3. The van der Waals surface area contributed by atoms with Gasteiger partial charge in [-0.05, 0) is 17.7 Å². The lowest BCUT2D eigenvalue weighted by Gasteiger charge is -2.19. The summed E-state index contributed by atoms with van der Waals surface area (Å²) >= 11 is 6.12. The van der Waals surface area contributed by atoms with Crippen molar-refractivity contribution in [3.63, 3.8) is 0 Å². The van der Waals surface area contributed by atoms with Crippen molar-refractivity contribution < 1.29 is 28.6 Å². The number of rotatable bonds is 10. The lowest BCUT2D eigenvalue weighted by molar-refractivity contribution is -0.147. The van der Waals surface area contributed by atoms with Gasteiger partial charge >= 0.3 is 5.97 Å². The summed E-state index contributed by atoms with van der Waals surface area (Å²) in [6, 6.07) is 16.2. The second-order valence-electron chi connectivity index (χ2n) is 7.11. The molecule has 2 aromatic carbocycles. The zero-order chi connectivity index (χ0) is 25.2. The minimum Gasteiger partial charge on any atom is -0.481 e. The Morgan fingerprint density at radius 2 is 1.57 bits per heavy atom. The van der Waals surface area contributed by atoms with Gasteiger partial charge in [0.2, 0.25) is 17.7 Å². The first-order valence-corrected chi connectivity index (χ1v) is 10.8. The van der Waals surface area contributed by atoms with E-state index in [1.807, 2.05) is 6.07 Å². The summed E-state index contributed by atoms with van der Waals surface area (Å²) in [6.45, 7) is -0.582. The van der Waals surface area contributed by atoms with Crippen molar-refractivity contribution in [1.82, 2.24) is 15.3 Å². The van der Waals surface area contributed by atoms with E-state index in [4.69, 9.17) is 25.8 Å². The van der Waals surface area contributed by atoms with Gasteiger partial charge in [-0.25, -0.2) is 0 Å². The number of benzene rings is 2. The summed E-state index contributed by atoms with van der Waals surface area (Å²) in [7, 11) is 2.81. The first kappa shape index (κ1) is 25.4. The molecule has 1 atom stereocenters. The van der Waals surface area contributed by atoms with E-state index in [1.54, 1.807) is 48.5 Å². The molecule has 182 valence electrons. The van der Waals surface area contributed by atoms with Gasteiger partial charge in [0.15, 0.2) is 6.61 Å². The minimum atomic E-state index is -0.707. The Morgan fingerprint density at radius 3 is 2.20 bits per heavy atom. The van der Waals surface area contributed by atoms with Crippen molar-refractivity contribution in [2.24, 2.45) is 0 Å². The number of aromatic nitrogens is 2. The molecule has 3 aromatic rings. The third kappa shape index (κ3) is 7.41. The molecular weight excluding hydrogens is 476 g/mol. The Balaban J connectivity index is 1.62. The minimum absolute atomic E-state index is 0.0728. The number of ether oxygens (including phenoxy) is 3. The zero-order valence-corrected chi connectivity index (χ0v) is 19.7. The smallest absolute Gasteiger partial charge is 0.308 e. The van der Waals surface area contributed by atoms with Gasteiger partial charge in [0, 0.05) is 0 Å². The molecule has 2 N–H and O–H groups in total. The first-order chi connectivity index (χ1) is 16.9. The molecule has 0 unspecified atom stereocenters. The number of nitrogens with zero attached hydrogens (tertiary/aromatic N) is 2. The number of esters is 1. The van der Waals surface area contributed by atoms with E-state index < -0.39 is 30.4 Å². The van der Waals surface area contributed by atoms with Crippen LogP contribution < -0.4 is 20.1 Å². The largest absolute Gasteiger partial charge is 0.481 e. The summed E-state index contributed by atoms with van der Waals surface area (Å²) < 4.78 is 15.2. The molecular formula is C24H23ClN4O6. The number of carbonyl (C=O) groups excluding carboxylic acids is 3. The summed E-state index contributed by atoms with van der Waals surface area (Å²) in [5.74, 6) is -1.51. The molecule has 0 fully saturated rings. The van der Waals surface area contributed by atoms with Crippen LogP contribution in [0, 0.1) is 0 Å². The van der Waals surface area contributed by atoms with Crippen molar-refractivity contribution in [3.05, 3.63) is 76.8 Å². The topological polar surface area (TPSA) is 129 Å². The lowest BCUT2D eigenvalue weighted by Crippen LogP contribution is -2.31. The van der Waals surface area contributed by atoms with Crippen LogP contribution in [0.4, 0.5) is 5.95 Å². The van der Waals surface area contributed by atoms with Crippen LogP contribution in [0.3, 0.4) is 0 Å². The molecule has 0 bridgehead atoms. The van der Waals surface area contributed by atoms with Gasteiger partial charge in [-0.2, -0.15) is 9.97 Å². The van der Waals surface area contributed by atoms with Crippen LogP contribution in [-0.2, 0) is 14.3 Å². The summed E-state index contributed by atoms with van der Waals surface area (Å²) in [6.07, 6.45) is -0.211. The Hall–Kier alpha value is -4.18. The molecule has 0 aliphatic heterocycles. The van der Waals surface area contributed by atoms with Crippen molar-refractivity contribution in [2.45, 2.75) is 12.5 Å². The number of amides is 2. The summed E-state index contributed by atoms with van der Waals surface area (Å²) in [4.78, 5) is 45.5. The van der Waals surface area contributed by atoms with Crippen LogP contribution >= 0.6 is 11.6 Å². The second kappa shape index (κ2) is 12.3. The number of hydrogen-bond donors (Lipinski definition) is 2. The van der Waals surface area contributed by atoms with Crippen molar-refractivity contribution in [3.8, 4) is 11.8 Å². The van der Waals surface area contributed by atoms with E-state index in [-0.39, 0.29) is 34.7 Å². The average molecular weight is 499 g/mol. The maximum atomic E-state index is 12.8. The van der Waals surface area contributed by atoms with Gasteiger partial charge in [-0.3, -0.25) is 19.7 Å². The fourth-order valence-corrected chi connectivity index (χ4v) is 3.24. The lowest BCUT2D eigenvalue weighted by atomic mass is 10.0. The highest BCUT2D eigenvalue weighted by molar-refractivity contribution is 6.33. The Morgan fingerprint density at radius 1 is 0.943 bits per heavy atom. The maximum Gasteiger partial charge on any atom is 0.308 e. The molecule has 2 amide bonds. The molecule has 0 aliphatic carbocycles. The molecule has 1 aromatic heterocycles. The van der Waals surface area contributed by atoms with Crippen LogP contribution in [0.25, 0.3) is 0 Å². The number of methoxy groups -OCH3 is 2. The number of anilines is 1. The fraction of sp³-hybridized carbons (Fsp3) is 0.208. The predicted molar refractivity (Wildman–Crippen MR) is 127 cm³/mol. The third-order valence-corrected chi connectivity index (χ3v) is 5.04. The highest BCUT2D eigenvalue weighted by Gasteiger charge is 2.22. The Bertz CT molecular complexity index is 1170. The molecule has 3 rings (SSSR count). The maximum absolute atomic E-state index is 12.8. The molecule has 0 saturated carbocycles. The van der Waals surface area contributed by atoms with Gasteiger partial charge in [-0.15, -0.1) is 0 Å². The standard InChI is InChI=1S/C24H23ClN4O6/c1-33-20-13-21(34-2)29-24(28-20)27-19(30)14-35-22(31)12-18(15-8-4-3-5-9-15)26-23(32)16-10-6-7-11-17(16)25/h3-11,13,18H,12,14H2,1-2H3,(H,26,32)(H,27,28,29,30)/t18-/m0/s1. The highest BCUT2D eigenvalue weighted by atomic mass is 35.5. The van der Waals surface area contributed by atoms with Gasteiger partial charge in [0.1, 0.15) is 0 Å². The SMILES string of the molecule is COc1cc(OC)nc(NC(=O)COC(=O)C[C@H](NC(=O)c2ccccc2Cl)c2ccccc2)n1. The molecule has 0 radical (unpaired) electrons. The average Bonchev–Trinajstić information content (AvgIpc) is 2.87. The molecule has 11 heteroatoms. The van der Waals surface area contributed by atoms with Gasteiger partial charge in [-0.1, -0.05) is 54.1 Å². The second-order valence-corrected chi connectivity index (χ2v) is 7.51. The van der Waals surface area contributed by atoms with Crippen LogP contribution in [0.1, 0.15) is 28.4 Å². The molecule has 1 heterocycles. The Labute approximate surface area is 206 Å². The normalized spacial score (nSPS) is 11.2. The first-order valence-electron chi connectivity index (χ1n) is 10.4. The van der Waals surface area contributed by atoms with Crippen LogP contribution in [-0.4, -0.2) is 48.6 Å².